The van der Waals surface area contributed by atoms with Crippen molar-refractivity contribution >= 4 is 27.8 Å². The topological polar surface area (TPSA) is 12.5 Å². The van der Waals surface area contributed by atoms with E-state index in [-0.39, 0.29) is 5.41 Å². The number of benzene rings is 11. The van der Waals surface area contributed by atoms with Crippen molar-refractivity contribution in [1.82, 2.24) is 0 Å². The van der Waals surface area contributed by atoms with Crippen LogP contribution in [-0.4, -0.2) is 0 Å². The van der Waals surface area contributed by atoms with Gasteiger partial charge in [0.15, 0.2) is 0 Å². The zero-order valence-electron chi connectivity index (χ0n) is 38.5. The summed E-state index contributed by atoms with van der Waals surface area (Å²) in [5.74, 6) is 1.72. The summed E-state index contributed by atoms with van der Waals surface area (Å²) in [5, 5.41) is 2.41. The summed E-state index contributed by atoms with van der Waals surface area (Å²) in [6.45, 7) is 4.70. The molecule has 0 saturated carbocycles. The fraction of sp³-hybridized carbons (Fsp3) is 0.0448. The summed E-state index contributed by atoms with van der Waals surface area (Å²) in [5.41, 5.74) is 22.5. The van der Waals surface area contributed by atoms with Crippen molar-refractivity contribution in [3.63, 3.8) is 0 Å². The third-order valence-corrected chi connectivity index (χ3v) is 14.5. The second-order valence-corrected chi connectivity index (χ2v) is 18.9. The van der Waals surface area contributed by atoms with E-state index in [1.165, 1.54) is 77.5 Å². The van der Waals surface area contributed by atoms with Crippen molar-refractivity contribution in [2.45, 2.75) is 19.3 Å². The molecule has 1 aliphatic carbocycles. The van der Waals surface area contributed by atoms with Gasteiger partial charge in [0.05, 0.1) is 0 Å². The molecule has 2 aliphatic rings. The summed E-state index contributed by atoms with van der Waals surface area (Å²) in [4.78, 5) is 2.39. The summed E-state index contributed by atoms with van der Waals surface area (Å²) >= 11 is 0. The second kappa shape index (κ2) is 16.3. The number of fused-ring (bicyclic) bond motifs is 9. The second-order valence-electron chi connectivity index (χ2n) is 18.9. The molecule has 0 fully saturated rings. The lowest BCUT2D eigenvalue weighted by molar-refractivity contribution is 0.488. The Hall–Kier alpha value is -8.72. The van der Waals surface area contributed by atoms with Gasteiger partial charge in [-0.2, -0.15) is 0 Å². The highest BCUT2D eigenvalue weighted by Crippen LogP contribution is 2.52. The molecule has 13 rings (SSSR count). The molecule has 0 radical (unpaired) electrons. The van der Waals surface area contributed by atoms with Crippen LogP contribution < -0.4 is 9.64 Å². The molecule has 0 unspecified atom stereocenters. The monoisotopic (exact) mass is 881 g/mol. The third kappa shape index (κ3) is 7.03. The molecule has 1 aliphatic heterocycles. The van der Waals surface area contributed by atoms with Crippen LogP contribution in [0.3, 0.4) is 0 Å². The van der Waals surface area contributed by atoms with Crippen LogP contribution in [0.1, 0.15) is 25.0 Å². The van der Waals surface area contributed by atoms with Gasteiger partial charge in [-0.25, -0.2) is 0 Å². The van der Waals surface area contributed by atoms with Gasteiger partial charge in [-0.1, -0.05) is 190 Å². The number of anilines is 3. The van der Waals surface area contributed by atoms with Gasteiger partial charge in [-0.3, -0.25) is 0 Å². The average molecular weight is 882 g/mol. The van der Waals surface area contributed by atoms with E-state index in [4.69, 9.17) is 4.74 Å². The quantitative estimate of drug-likeness (QED) is 0.158. The molecule has 0 amide bonds. The fourth-order valence-corrected chi connectivity index (χ4v) is 10.8. The Morgan fingerprint density at radius 1 is 0.275 bits per heavy atom. The van der Waals surface area contributed by atoms with Gasteiger partial charge in [0.2, 0.25) is 0 Å². The normalized spacial score (nSPS) is 12.7. The minimum absolute atomic E-state index is 0.106. The van der Waals surface area contributed by atoms with Crippen molar-refractivity contribution in [3.05, 3.63) is 260 Å². The summed E-state index contributed by atoms with van der Waals surface area (Å²) in [6.07, 6.45) is 0. The lowest BCUT2D eigenvalue weighted by Gasteiger charge is -2.28. The molecule has 1 heterocycles. The van der Waals surface area contributed by atoms with E-state index in [1.54, 1.807) is 0 Å². The van der Waals surface area contributed by atoms with Crippen LogP contribution in [0.5, 0.6) is 11.5 Å². The van der Waals surface area contributed by atoms with Crippen LogP contribution >= 0.6 is 0 Å². The minimum atomic E-state index is -0.106. The first-order chi connectivity index (χ1) is 33.9. The van der Waals surface area contributed by atoms with Crippen LogP contribution in [0, 0.1) is 0 Å². The Morgan fingerprint density at radius 2 is 0.667 bits per heavy atom. The Morgan fingerprint density at radius 3 is 1.20 bits per heavy atom. The van der Waals surface area contributed by atoms with Crippen LogP contribution in [0.2, 0.25) is 0 Å². The average Bonchev–Trinajstić information content (AvgIpc) is 3.55. The molecule has 0 bridgehead atoms. The van der Waals surface area contributed by atoms with Crippen LogP contribution in [0.25, 0.3) is 88.7 Å². The van der Waals surface area contributed by atoms with E-state index in [1.807, 2.05) is 0 Å². The molecule has 0 atom stereocenters. The van der Waals surface area contributed by atoms with E-state index in [0.717, 1.165) is 50.8 Å². The highest BCUT2D eigenvalue weighted by Gasteiger charge is 2.36. The molecule has 11 aromatic rings. The lowest BCUT2D eigenvalue weighted by atomic mass is 9.82. The molecule has 0 aromatic heterocycles. The largest absolute Gasteiger partial charge is 0.456 e. The van der Waals surface area contributed by atoms with Gasteiger partial charge in [0.1, 0.15) is 11.5 Å². The zero-order valence-corrected chi connectivity index (χ0v) is 38.5. The molecule has 69 heavy (non-hydrogen) atoms. The first kappa shape index (κ1) is 40.5. The first-order valence-electron chi connectivity index (χ1n) is 23.9. The molecule has 326 valence electrons. The molecule has 0 N–H and O–H groups in total. The SMILES string of the molecule is CC1(C)c2ccccc2-c2ccc(N(c3ccc(-c4ccccc4)cc3)c3ccc(-c4ccc(-c5ccc6c(c5)-c5cc7ccccc7cc5-c5cc(-c7ccccc7)ccc5O6)cc4)cc3)cc21. The van der Waals surface area contributed by atoms with Gasteiger partial charge >= 0.3 is 0 Å². The maximum absolute atomic E-state index is 6.82. The lowest BCUT2D eigenvalue weighted by Crippen LogP contribution is -2.16. The molecule has 11 aromatic carbocycles. The Labute approximate surface area is 404 Å². The Bertz CT molecular complexity index is 3740. The van der Waals surface area contributed by atoms with E-state index in [0.29, 0.717) is 0 Å². The predicted octanol–water partition coefficient (Wildman–Crippen LogP) is 18.7. The van der Waals surface area contributed by atoms with Gasteiger partial charge in [-0.15, -0.1) is 0 Å². The Kier molecular flexibility index (Phi) is 9.55. The van der Waals surface area contributed by atoms with E-state index >= 15 is 0 Å². The van der Waals surface area contributed by atoms with Gasteiger partial charge in [0, 0.05) is 33.6 Å². The Balaban J connectivity index is 0.837. The van der Waals surface area contributed by atoms with E-state index < -0.39 is 0 Å². The summed E-state index contributed by atoms with van der Waals surface area (Å²) < 4.78 is 6.82. The number of hydrogen-bond donors (Lipinski definition) is 0. The maximum atomic E-state index is 6.82. The summed E-state index contributed by atoms with van der Waals surface area (Å²) in [6, 6.07) is 90.5. The van der Waals surface area contributed by atoms with Crippen LogP contribution in [-0.2, 0) is 5.41 Å². The van der Waals surface area contributed by atoms with Crippen LogP contribution in [0.4, 0.5) is 17.1 Å². The molecule has 0 spiro atoms. The third-order valence-electron chi connectivity index (χ3n) is 14.5. The van der Waals surface area contributed by atoms with Crippen molar-refractivity contribution in [2.75, 3.05) is 4.90 Å². The number of hydrogen-bond acceptors (Lipinski definition) is 2. The first-order valence-corrected chi connectivity index (χ1v) is 23.9. The molecular weight excluding hydrogens is 835 g/mol. The number of rotatable bonds is 7. The van der Waals surface area contributed by atoms with Crippen molar-refractivity contribution in [1.29, 1.82) is 0 Å². The highest BCUT2D eigenvalue weighted by molar-refractivity contribution is 6.01. The zero-order chi connectivity index (χ0) is 46.1. The fourth-order valence-electron chi connectivity index (χ4n) is 10.8. The predicted molar refractivity (Wildman–Crippen MR) is 289 cm³/mol. The van der Waals surface area contributed by atoms with Gasteiger partial charge in [-0.05, 0) is 161 Å². The van der Waals surface area contributed by atoms with Gasteiger partial charge in [0.25, 0.3) is 0 Å². The van der Waals surface area contributed by atoms with Crippen LogP contribution in [0.15, 0.2) is 249 Å². The summed E-state index contributed by atoms with van der Waals surface area (Å²) in [7, 11) is 0. The molecular formula is C67H47NO. The van der Waals surface area contributed by atoms with E-state index in [2.05, 4.69) is 267 Å². The number of nitrogens with zero attached hydrogens (tertiary/aromatic N) is 1. The van der Waals surface area contributed by atoms with E-state index in [9.17, 15) is 0 Å². The molecule has 2 nitrogen and oxygen atoms in total. The smallest absolute Gasteiger partial charge is 0.135 e. The van der Waals surface area contributed by atoms with Crippen molar-refractivity contribution in [3.8, 4) is 89.4 Å². The molecule has 0 saturated heterocycles. The van der Waals surface area contributed by atoms with Crippen molar-refractivity contribution < 1.29 is 4.74 Å². The van der Waals surface area contributed by atoms with Gasteiger partial charge < -0.3 is 9.64 Å². The maximum Gasteiger partial charge on any atom is 0.135 e. The molecule has 2 heteroatoms. The van der Waals surface area contributed by atoms with Crippen molar-refractivity contribution in [2.24, 2.45) is 0 Å². The standard InChI is InChI=1S/C67H47NO/c1-67(2)63-20-12-11-19-57(63)58-36-35-56(43-64(58)67)68(54-31-25-47(26-32-54)44-13-5-3-6-14-44)55-33-27-48(28-34-55)46-21-23-49(24-22-46)53-30-38-66-62(42-53)60-40-51-18-10-9-17-50(51)39-59(60)61-41-52(29-37-65(61)69-66)45-15-7-4-8-16-45/h3-43H,1-2H3. The minimum Gasteiger partial charge on any atom is -0.456 e. The highest BCUT2D eigenvalue weighted by atomic mass is 16.5. The number of ether oxygens (including phenoxy) is 1.